The van der Waals surface area contributed by atoms with Crippen LogP contribution in [0.3, 0.4) is 0 Å². The highest BCUT2D eigenvalue weighted by Crippen LogP contribution is 2.25. The number of benzene rings is 1. The van der Waals surface area contributed by atoms with Crippen molar-refractivity contribution in [3.05, 3.63) is 55.5 Å². The van der Waals surface area contributed by atoms with E-state index >= 15 is 0 Å². The Kier molecular flexibility index (Phi) is 4.25. The summed E-state index contributed by atoms with van der Waals surface area (Å²) in [4.78, 5) is 13.1. The van der Waals surface area contributed by atoms with Gasteiger partial charge in [-0.1, -0.05) is 23.3 Å². The van der Waals surface area contributed by atoms with Crippen molar-refractivity contribution in [1.82, 2.24) is 0 Å². The van der Waals surface area contributed by atoms with Crippen molar-refractivity contribution >= 4 is 11.8 Å². The molecule has 88 valence electrons. The maximum absolute atomic E-state index is 10.9. The molecule has 0 saturated carbocycles. The van der Waals surface area contributed by atoms with E-state index < -0.39 is 4.92 Å². The van der Waals surface area contributed by atoms with Gasteiger partial charge in [-0.25, -0.2) is 0 Å². The van der Waals surface area contributed by atoms with Gasteiger partial charge in [-0.15, -0.1) is 0 Å². The van der Waals surface area contributed by atoms with Crippen molar-refractivity contribution < 1.29 is 4.92 Å². The average molecular weight is 232 g/mol. The summed E-state index contributed by atoms with van der Waals surface area (Å²) in [6.07, 6.45) is 3.21. The topological polar surface area (TPSA) is 91.9 Å². The fourth-order valence-corrected chi connectivity index (χ4v) is 1.58. The van der Waals surface area contributed by atoms with E-state index in [-0.39, 0.29) is 12.2 Å². The largest absolute Gasteiger partial charge is 0.277 e. The van der Waals surface area contributed by atoms with Gasteiger partial charge in [-0.2, -0.15) is 0 Å². The molecule has 0 bridgehead atoms. The summed E-state index contributed by atoms with van der Waals surface area (Å²) in [7, 11) is 0. The molecule has 1 aromatic rings. The van der Waals surface area contributed by atoms with Crippen molar-refractivity contribution in [2.45, 2.75) is 13.8 Å². The molecular weight excluding hydrogens is 220 g/mol. The van der Waals surface area contributed by atoms with Crippen LogP contribution in [0.1, 0.15) is 16.7 Å². The molecule has 17 heavy (non-hydrogen) atoms. The molecular formula is C11H12N4O2. The maximum Gasteiger partial charge on any atom is 0.277 e. The Hall–Kier alpha value is -2.33. The lowest BCUT2D eigenvalue weighted by atomic mass is 10.0. The molecule has 0 aliphatic heterocycles. The molecule has 0 heterocycles. The predicted octanol–water partition coefficient (Wildman–Crippen LogP) is 3.54. The number of rotatable bonds is 4. The van der Waals surface area contributed by atoms with E-state index in [1.165, 1.54) is 6.07 Å². The van der Waals surface area contributed by atoms with Crippen molar-refractivity contribution in [3.63, 3.8) is 0 Å². The first kappa shape index (κ1) is 12.7. The highest BCUT2D eigenvalue weighted by atomic mass is 16.6. The Bertz CT molecular complexity index is 516. The second-order valence-electron chi connectivity index (χ2n) is 3.59. The van der Waals surface area contributed by atoms with E-state index in [1.54, 1.807) is 12.2 Å². The average Bonchev–Trinajstić information content (AvgIpc) is 2.25. The van der Waals surface area contributed by atoms with Crippen LogP contribution in [0, 0.1) is 24.0 Å². The first-order valence-electron chi connectivity index (χ1n) is 4.99. The zero-order valence-corrected chi connectivity index (χ0v) is 9.62. The predicted molar refractivity (Wildman–Crippen MR) is 65.6 cm³/mol. The van der Waals surface area contributed by atoms with Crippen LogP contribution < -0.4 is 0 Å². The van der Waals surface area contributed by atoms with Crippen molar-refractivity contribution in [2.75, 3.05) is 6.54 Å². The van der Waals surface area contributed by atoms with E-state index in [9.17, 15) is 10.1 Å². The van der Waals surface area contributed by atoms with Gasteiger partial charge in [0.05, 0.1) is 10.5 Å². The number of aryl methyl sites for hydroxylation is 2. The van der Waals surface area contributed by atoms with Crippen LogP contribution in [0.2, 0.25) is 0 Å². The molecule has 6 nitrogen and oxygen atoms in total. The van der Waals surface area contributed by atoms with Crippen molar-refractivity contribution in [1.29, 1.82) is 0 Å². The van der Waals surface area contributed by atoms with Crippen LogP contribution in [0.4, 0.5) is 5.69 Å². The van der Waals surface area contributed by atoms with E-state index in [2.05, 4.69) is 10.0 Å². The number of nitrogens with zero attached hydrogens (tertiary/aromatic N) is 4. The summed E-state index contributed by atoms with van der Waals surface area (Å²) in [6.45, 7) is 3.81. The number of azide groups is 1. The summed E-state index contributed by atoms with van der Waals surface area (Å²) in [5.74, 6) is 0. The Morgan fingerprint density at radius 2 is 2.24 bits per heavy atom. The third-order valence-electron chi connectivity index (χ3n) is 2.24. The molecule has 0 aliphatic rings. The molecule has 0 aliphatic carbocycles. The summed E-state index contributed by atoms with van der Waals surface area (Å²) in [6, 6.07) is 3.40. The molecule has 0 fully saturated rings. The minimum Gasteiger partial charge on any atom is -0.258 e. The standard InChI is InChI=1S/C11H12N4O2/c1-8-6-9(2)10(4-3-5-13-14-12)11(7-8)15(16)17/h3-4,6-7H,5H2,1-2H3. The zero-order valence-electron chi connectivity index (χ0n) is 9.62. The molecule has 0 unspecified atom stereocenters. The van der Waals surface area contributed by atoms with E-state index in [4.69, 9.17) is 5.53 Å². The van der Waals surface area contributed by atoms with E-state index in [0.29, 0.717) is 5.56 Å². The maximum atomic E-state index is 10.9. The lowest BCUT2D eigenvalue weighted by Gasteiger charge is -2.03. The second kappa shape index (κ2) is 5.67. The van der Waals surface area contributed by atoms with Crippen LogP contribution in [0.15, 0.2) is 23.3 Å². The molecule has 0 radical (unpaired) electrons. The third kappa shape index (κ3) is 3.32. The Morgan fingerprint density at radius 3 is 2.82 bits per heavy atom. The van der Waals surface area contributed by atoms with E-state index in [0.717, 1.165) is 11.1 Å². The highest BCUT2D eigenvalue weighted by molar-refractivity contribution is 5.65. The fourth-order valence-electron chi connectivity index (χ4n) is 1.58. The number of nitro groups is 1. The second-order valence-corrected chi connectivity index (χ2v) is 3.59. The molecule has 1 rings (SSSR count). The summed E-state index contributed by atoms with van der Waals surface area (Å²) >= 11 is 0. The Balaban J connectivity index is 3.16. The van der Waals surface area contributed by atoms with Crippen LogP contribution in [0.25, 0.3) is 16.5 Å². The van der Waals surface area contributed by atoms with Gasteiger partial charge in [0.25, 0.3) is 5.69 Å². The zero-order chi connectivity index (χ0) is 12.8. The quantitative estimate of drug-likeness (QED) is 0.261. The number of hydrogen-bond acceptors (Lipinski definition) is 3. The van der Waals surface area contributed by atoms with Gasteiger partial charge in [0.15, 0.2) is 0 Å². The van der Waals surface area contributed by atoms with Crippen LogP contribution in [-0.4, -0.2) is 11.5 Å². The normalized spacial score (nSPS) is 10.2. The number of nitro benzene ring substituents is 1. The van der Waals surface area contributed by atoms with Crippen LogP contribution in [-0.2, 0) is 0 Å². The minimum absolute atomic E-state index is 0.0692. The number of hydrogen-bond donors (Lipinski definition) is 0. The molecule has 0 saturated heterocycles. The van der Waals surface area contributed by atoms with Crippen molar-refractivity contribution in [3.8, 4) is 0 Å². The third-order valence-corrected chi connectivity index (χ3v) is 2.24. The molecule has 0 atom stereocenters. The first-order valence-corrected chi connectivity index (χ1v) is 4.99. The molecule has 1 aromatic carbocycles. The molecule has 0 N–H and O–H groups in total. The molecule has 0 aromatic heterocycles. The highest BCUT2D eigenvalue weighted by Gasteiger charge is 2.14. The van der Waals surface area contributed by atoms with Crippen molar-refractivity contribution in [2.24, 2.45) is 5.11 Å². The lowest BCUT2D eigenvalue weighted by molar-refractivity contribution is -0.385. The molecule has 6 heteroatoms. The minimum atomic E-state index is -0.409. The van der Waals surface area contributed by atoms with Gasteiger partial charge in [0, 0.05) is 17.5 Å². The molecule has 0 amide bonds. The van der Waals surface area contributed by atoms with Gasteiger partial charge in [0.1, 0.15) is 0 Å². The van der Waals surface area contributed by atoms with Gasteiger partial charge in [-0.05, 0) is 30.5 Å². The Morgan fingerprint density at radius 1 is 1.53 bits per heavy atom. The van der Waals surface area contributed by atoms with Gasteiger partial charge in [-0.3, -0.25) is 10.1 Å². The van der Waals surface area contributed by atoms with Gasteiger partial charge >= 0.3 is 0 Å². The smallest absolute Gasteiger partial charge is 0.258 e. The monoisotopic (exact) mass is 232 g/mol. The first-order chi connectivity index (χ1) is 8.06. The van der Waals surface area contributed by atoms with E-state index in [1.807, 2.05) is 19.9 Å². The molecule has 0 spiro atoms. The SMILES string of the molecule is Cc1cc(C)c(C=CCN=[N+]=[N-])c([N+](=O)[O-])c1. The van der Waals surface area contributed by atoms with Gasteiger partial charge < -0.3 is 0 Å². The lowest BCUT2D eigenvalue weighted by Crippen LogP contribution is -1.95. The summed E-state index contributed by atoms with van der Waals surface area (Å²) in [5.41, 5.74) is 10.4. The van der Waals surface area contributed by atoms with Crippen LogP contribution >= 0.6 is 0 Å². The Labute approximate surface area is 98.4 Å². The van der Waals surface area contributed by atoms with Gasteiger partial charge in [0.2, 0.25) is 0 Å². The summed E-state index contributed by atoms with van der Waals surface area (Å²) in [5, 5.41) is 14.2. The summed E-state index contributed by atoms with van der Waals surface area (Å²) < 4.78 is 0. The fraction of sp³-hybridized carbons (Fsp3) is 0.273. The van der Waals surface area contributed by atoms with Crippen LogP contribution in [0.5, 0.6) is 0 Å².